The van der Waals surface area contributed by atoms with Gasteiger partial charge in [0, 0.05) is 12.6 Å². The highest BCUT2D eigenvalue weighted by molar-refractivity contribution is 5.85. The van der Waals surface area contributed by atoms with E-state index in [4.69, 9.17) is 5.11 Å². The second-order valence-electron chi connectivity index (χ2n) is 5.53. The second kappa shape index (κ2) is 6.75. The first-order valence-electron chi connectivity index (χ1n) is 6.91. The van der Waals surface area contributed by atoms with Gasteiger partial charge in [-0.1, -0.05) is 6.92 Å². The molecule has 110 valence electrons. The molecule has 1 aliphatic rings. The molecule has 0 aliphatic carbocycles. The van der Waals surface area contributed by atoms with E-state index in [0.29, 0.717) is 6.54 Å². The molecule has 1 rings (SSSR count). The number of nitrogens with zero attached hydrogens (tertiary/aromatic N) is 1. The summed E-state index contributed by atoms with van der Waals surface area (Å²) in [5.74, 6) is -1.03. The Morgan fingerprint density at radius 3 is 2.42 bits per heavy atom. The van der Waals surface area contributed by atoms with Crippen LogP contribution in [-0.2, 0) is 4.79 Å². The number of carboxylic acid groups (broad SMARTS) is 1. The van der Waals surface area contributed by atoms with E-state index in [2.05, 4.69) is 10.6 Å². The van der Waals surface area contributed by atoms with E-state index in [0.717, 1.165) is 32.4 Å². The van der Waals surface area contributed by atoms with Gasteiger partial charge in [0.1, 0.15) is 5.54 Å². The SMILES string of the molecule is CCCN(C(=O)NC(C)(C)C(=O)O)C1CCNCC1. The largest absolute Gasteiger partial charge is 0.480 e. The first kappa shape index (κ1) is 15.8. The van der Waals surface area contributed by atoms with Gasteiger partial charge in [0.15, 0.2) is 0 Å². The summed E-state index contributed by atoms with van der Waals surface area (Å²) >= 11 is 0. The van der Waals surface area contributed by atoms with Gasteiger partial charge < -0.3 is 20.6 Å². The third kappa shape index (κ3) is 4.38. The van der Waals surface area contributed by atoms with Gasteiger partial charge in [-0.2, -0.15) is 0 Å². The molecule has 1 heterocycles. The normalized spacial score (nSPS) is 17.0. The van der Waals surface area contributed by atoms with Crippen molar-refractivity contribution in [3.8, 4) is 0 Å². The summed E-state index contributed by atoms with van der Waals surface area (Å²) in [6.07, 6.45) is 2.70. The fourth-order valence-electron chi connectivity index (χ4n) is 2.20. The summed E-state index contributed by atoms with van der Waals surface area (Å²) in [5.41, 5.74) is -1.24. The smallest absolute Gasteiger partial charge is 0.328 e. The van der Waals surface area contributed by atoms with E-state index in [1.807, 2.05) is 6.92 Å². The van der Waals surface area contributed by atoms with Gasteiger partial charge in [0.2, 0.25) is 0 Å². The Balaban J connectivity index is 2.69. The van der Waals surface area contributed by atoms with Crippen molar-refractivity contribution in [1.29, 1.82) is 0 Å². The van der Waals surface area contributed by atoms with Crippen LogP contribution in [0.4, 0.5) is 4.79 Å². The monoisotopic (exact) mass is 271 g/mol. The second-order valence-corrected chi connectivity index (χ2v) is 5.53. The maximum Gasteiger partial charge on any atom is 0.328 e. The van der Waals surface area contributed by atoms with Gasteiger partial charge in [0.05, 0.1) is 0 Å². The van der Waals surface area contributed by atoms with Gasteiger partial charge >= 0.3 is 12.0 Å². The number of carbonyl (C=O) groups excluding carboxylic acids is 1. The van der Waals surface area contributed by atoms with E-state index >= 15 is 0 Å². The van der Waals surface area contributed by atoms with E-state index in [-0.39, 0.29) is 12.1 Å². The standard InChI is InChI=1S/C13H25N3O3/c1-4-9-16(10-5-7-14-8-6-10)12(19)15-13(2,3)11(17)18/h10,14H,4-9H2,1-3H3,(H,15,19)(H,17,18). The lowest BCUT2D eigenvalue weighted by Crippen LogP contribution is -2.57. The van der Waals surface area contributed by atoms with Gasteiger partial charge in [-0.05, 0) is 46.2 Å². The van der Waals surface area contributed by atoms with Crippen molar-refractivity contribution in [2.75, 3.05) is 19.6 Å². The van der Waals surface area contributed by atoms with Gasteiger partial charge in [-0.15, -0.1) is 0 Å². The molecule has 0 unspecified atom stereocenters. The molecule has 1 aliphatic heterocycles. The van der Waals surface area contributed by atoms with Crippen LogP contribution in [0.5, 0.6) is 0 Å². The van der Waals surface area contributed by atoms with Crippen LogP contribution in [0.15, 0.2) is 0 Å². The lowest BCUT2D eigenvalue weighted by molar-refractivity contribution is -0.143. The minimum atomic E-state index is -1.24. The Morgan fingerprint density at radius 1 is 1.37 bits per heavy atom. The highest BCUT2D eigenvalue weighted by Crippen LogP contribution is 2.14. The van der Waals surface area contributed by atoms with Crippen LogP contribution in [0.1, 0.15) is 40.0 Å². The van der Waals surface area contributed by atoms with Crippen molar-refractivity contribution < 1.29 is 14.7 Å². The number of urea groups is 1. The first-order chi connectivity index (χ1) is 8.88. The van der Waals surface area contributed by atoms with Gasteiger partial charge in [-0.3, -0.25) is 0 Å². The van der Waals surface area contributed by atoms with Crippen molar-refractivity contribution in [1.82, 2.24) is 15.5 Å². The molecule has 19 heavy (non-hydrogen) atoms. The predicted octanol–water partition coefficient (Wildman–Crippen LogP) is 1.02. The summed E-state index contributed by atoms with van der Waals surface area (Å²) < 4.78 is 0. The molecular weight excluding hydrogens is 246 g/mol. The molecule has 0 radical (unpaired) electrons. The first-order valence-corrected chi connectivity index (χ1v) is 6.91. The molecule has 1 saturated heterocycles. The number of carboxylic acids is 1. The Bertz CT molecular complexity index is 325. The van der Waals surface area contributed by atoms with Crippen molar-refractivity contribution in [3.05, 3.63) is 0 Å². The zero-order valence-corrected chi connectivity index (χ0v) is 12.0. The number of hydrogen-bond acceptors (Lipinski definition) is 3. The van der Waals surface area contributed by atoms with Crippen molar-refractivity contribution in [2.45, 2.75) is 51.6 Å². The van der Waals surface area contributed by atoms with Crippen LogP contribution in [0, 0.1) is 0 Å². The highest BCUT2D eigenvalue weighted by Gasteiger charge is 2.33. The molecule has 6 nitrogen and oxygen atoms in total. The summed E-state index contributed by atoms with van der Waals surface area (Å²) in [7, 11) is 0. The number of hydrogen-bond donors (Lipinski definition) is 3. The summed E-state index contributed by atoms with van der Waals surface area (Å²) in [6.45, 7) is 7.48. The van der Waals surface area contributed by atoms with E-state index in [9.17, 15) is 9.59 Å². The number of carbonyl (C=O) groups is 2. The molecule has 0 spiro atoms. The molecule has 0 aromatic carbocycles. The van der Waals surface area contributed by atoms with Crippen molar-refractivity contribution >= 4 is 12.0 Å². The minimum absolute atomic E-state index is 0.200. The number of rotatable bonds is 5. The van der Waals surface area contributed by atoms with Gasteiger partial charge in [-0.25, -0.2) is 9.59 Å². The molecule has 0 aromatic heterocycles. The van der Waals surface area contributed by atoms with Gasteiger partial charge in [0.25, 0.3) is 0 Å². The molecule has 0 saturated carbocycles. The van der Waals surface area contributed by atoms with E-state index in [1.165, 1.54) is 13.8 Å². The maximum absolute atomic E-state index is 12.3. The maximum atomic E-state index is 12.3. The Morgan fingerprint density at radius 2 is 1.95 bits per heavy atom. The number of amides is 2. The summed E-state index contributed by atoms with van der Waals surface area (Å²) in [4.78, 5) is 25.1. The molecule has 0 atom stereocenters. The summed E-state index contributed by atoms with van der Waals surface area (Å²) in [5, 5.41) is 14.9. The Kier molecular flexibility index (Phi) is 5.60. The fourth-order valence-corrected chi connectivity index (χ4v) is 2.20. The molecule has 1 fully saturated rings. The van der Waals surface area contributed by atoms with Crippen LogP contribution < -0.4 is 10.6 Å². The lowest BCUT2D eigenvalue weighted by Gasteiger charge is -2.36. The summed E-state index contributed by atoms with van der Waals surface area (Å²) in [6, 6.07) is -0.0769. The molecule has 0 bridgehead atoms. The predicted molar refractivity (Wildman–Crippen MR) is 73.1 cm³/mol. The van der Waals surface area contributed by atoms with Crippen LogP contribution in [0.25, 0.3) is 0 Å². The van der Waals surface area contributed by atoms with E-state index < -0.39 is 11.5 Å². The molecular formula is C13H25N3O3. The Hall–Kier alpha value is -1.30. The van der Waals surface area contributed by atoms with Crippen LogP contribution in [0.3, 0.4) is 0 Å². The zero-order valence-electron chi connectivity index (χ0n) is 12.0. The van der Waals surface area contributed by atoms with Crippen LogP contribution >= 0.6 is 0 Å². The third-order valence-electron chi connectivity index (χ3n) is 3.43. The number of nitrogens with one attached hydrogen (secondary N) is 2. The Labute approximate surface area is 114 Å². The zero-order chi connectivity index (χ0) is 14.5. The molecule has 2 amide bonds. The quantitative estimate of drug-likeness (QED) is 0.697. The molecule has 3 N–H and O–H groups in total. The fraction of sp³-hybridized carbons (Fsp3) is 0.846. The number of piperidine rings is 1. The minimum Gasteiger partial charge on any atom is -0.480 e. The topological polar surface area (TPSA) is 81.7 Å². The molecule has 0 aromatic rings. The van der Waals surface area contributed by atoms with Crippen molar-refractivity contribution in [3.63, 3.8) is 0 Å². The average molecular weight is 271 g/mol. The van der Waals surface area contributed by atoms with Crippen molar-refractivity contribution in [2.24, 2.45) is 0 Å². The number of aliphatic carboxylic acids is 1. The molecule has 6 heteroatoms. The lowest BCUT2D eigenvalue weighted by atomic mass is 10.0. The van der Waals surface area contributed by atoms with E-state index in [1.54, 1.807) is 4.90 Å². The highest BCUT2D eigenvalue weighted by atomic mass is 16.4. The van der Waals surface area contributed by atoms with Crippen LogP contribution in [-0.4, -0.2) is 53.2 Å². The third-order valence-corrected chi connectivity index (χ3v) is 3.43. The van der Waals surface area contributed by atoms with Crippen LogP contribution in [0.2, 0.25) is 0 Å². The average Bonchev–Trinajstić information content (AvgIpc) is 2.36.